The van der Waals surface area contributed by atoms with E-state index in [2.05, 4.69) is 0 Å². The van der Waals surface area contributed by atoms with Gasteiger partial charge in [-0.3, -0.25) is 9.59 Å². The summed E-state index contributed by atoms with van der Waals surface area (Å²) in [5.41, 5.74) is -2.05. The van der Waals surface area contributed by atoms with E-state index in [9.17, 15) is 9.59 Å². The SMILES string of the molecule is COC12OOC(C)(c3ccccc3)C=C1C(=O)C(C)(C)C(=O)C2(C)C. The Morgan fingerprint density at radius 1 is 0.920 bits per heavy atom. The van der Waals surface area contributed by atoms with Gasteiger partial charge in [-0.15, -0.1) is 0 Å². The maximum Gasteiger partial charge on any atom is 0.243 e. The predicted molar refractivity (Wildman–Crippen MR) is 91.4 cm³/mol. The minimum atomic E-state index is -1.56. The Kier molecular flexibility index (Phi) is 3.84. The van der Waals surface area contributed by atoms with Crippen molar-refractivity contribution in [3.05, 3.63) is 47.5 Å². The lowest BCUT2D eigenvalue weighted by Gasteiger charge is -2.54. The van der Waals surface area contributed by atoms with Crippen LogP contribution in [0.1, 0.15) is 40.2 Å². The number of methoxy groups -OCH3 is 1. The molecule has 0 amide bonds. The molecule has 25 heavy (non-hydrogen) atoms. The fourth-order valence-corrected chi connectivity index (χ4v) is 3.91. The van der Waals surface area contributed by atoms with Crippen LogP contribution in [-0.2, 0) is 29.7 Å². The highest BCUT2D eigenvalue weighted by atomic mass is 17.2. The summed E-state index contributed by atoms with van der Waals surface area (Å²) in [5, 5.41) is 0. The number of hydrogen-bond acceptors (Lipinski definition) is 5. The molecule has 0 radical (unpaired) electrons. The van der Waals surface area contributed by atoms with E-state index >= 15 is 0 Å². The average Bonchev–Trinajstić information content (AvgIpc) is 2.60. The lowest BCUT2D eigenvalue weighted by atomic mass is 9.57. The van der Waals surface area contributed by atoms with E-state index in [4.69, 9.17) is 14.5 Å². The zero-order valence-corrected chi connectivity index (χ0v) is 15.5. The van der Waals surface area contributed by atoms with Crippen LogP contribution in [0.2, 0.25) is 0 Å². The maximum atomic E-state index is 13.2. The van der Waals surface area contributed by atoms with Crippen LogP contribution in [0.4, 0.5) is 0 Å². The Labute approximate surface area is 147 Å². The molecule has 0 N–H and O–H groups in total. The molecule has 1 aromatic rings. The molecule has 1 saturated carbocycles. The monoisotopic (exact) mass is 344 g/mol. The number of fused-ring (bicyclic) bond motifs is 1. The van der Waals surface area contributed by atoms with Crippen molar-refractivity contribution in [1.29, 1.82) is 0 Å². The lowest BCUT2D eigenvalue weighted by molar-refractivity contribution is -0.472. The van der Waals surface area contributed by atoms with Crippen molar-refractivity contribution in [1.82, 2.24) is 0 Å². The van der Waals surface area contributed by atoms with Crippen molar-refractivity contribution in [2.24, 2.45) is 10.8 Å². The largest absolute Gasteiger partial charge is 0.346 e. The van der Waals surface area contributed by atoms with Crippen molar-refractivity contribution in [3.8, 4) is 0 Å². The molecule has 3 rings (SSSR count). The number of hydrogen-bond donors (Lipinski definition) is 0. The third kappa shape index (κ3) is 2.19. The second-order valence-corrected chi connectivity index (χ2v) is 7.93. The number of rotatable bonds is 2. The highest BCUT2D eigenvalue weighted by Crippen LogP contribution is 2.55. The van der Waals surface area contributed by atoms with E-state index < -0.39 is 22.2 Å². The highest BCUT2D eigenvalue weighted by Gasteiger charge is 2.68. The summed E-state index contributed by atoms with van der Waals surface area (Å²) >= 11 is 0. The van der Waals surface area contributed by atoms with Gasteiger partial charge < -0.3 is 4.74 Å². The van der Waals surface area contributed by atoms with Crippen molar-refractivity contribution in [2.45, 2.75) is 46.0 Å². The molecule has 134 valence electrons. The topological polar surface area (TPSA) is 61.8 Å². The van der Waals surface area contributed by atoms with Crippen LogP contribution in [0, 0.1) is 10.8 Å². The van der Waals surface area contributed by atoms with Crippen LogP contribution in [0.25, 0.3) is 0 Å². The first-order valence-corrected chi connectivity index (χ1v) is 8.33. The Hall–Kier alpha value is -1.82. The summed E-state index contributed by atoms with van der Waals surface area (Å²) in [5.74, 6) is -2.11. The van der Waals surface area contributed by atoms with Crippen molar-refractivity contribution in [2.75, 3.05) is 7.11 Å². The lowest BCUT2D eigenvalue weighted by Crippen LogP contribution is -2.67. The Morgan fingerprint density at radius 2 is 1.52 bits per heavy atom. The van der Waals surface area contributed by atoms with Crippen LogP contribution < -0.4 is 0 Å². The highest BCUT2D eigenvalue weighted by molar-refractivity contribution is 6.19. The molecule has 0 bridgehead atoms. The number of ether oxygens (including phenoxy) is 1. The molecule has 5 nitrogen and oxygen atoms in total. The number of ketones is 2. The van der Waals surface area contributed by atoms with Crippen LogP contribution in [0.3, 0.4) is 0 Å². The Bertz CT molecular complexity index is 762. The van der Waals surface area contributed by atoms with Gasteiger partial charge in [0.05, 0.1) is 16.4 Å². The molecule has 1 aromatic carbocycles. The normalized spacial score (nSPS) is 33.6. The van der Waals surface area contributed by atoms with Crippen LogP contribution >= 0.6 is 0 Å². The van der Waals surface area contributed by atoms with Gasteiger partial charge in [-0.2, -0.15) is 4.89 Å². The van der Waals surface area contributed by atoms with Crippen molar-refractivity contribution >= 4 is 11.6 Å². The van der Waals surface area contributed by atoms with Crippen LogP contribution in [0.15, 0.2) is 42.0 Å². The van der Waals surface area contributed by atoms with Crippen LogP contribution in [0.5, 0.6) is 0 Å². The zero-order chi connectivity index (χ0) is 18.7. The molecule has 5 heteroatoms. The maximum absolute atomic E-state index is 13.2. The summed E-state index contributed by atoms with van der Waals surface area (Å²) in [4.78, 5) is 37.5. The van der Waals surface area contributed by atoms with E-state index in [0.29, 0.717) is 5.57 Å². The van der Waals surface area contributed by atoms with E-state index in [-0.39, 0.29) is 11.6 Å². The standard InChI is InChI=1S/C20H24O5/c1-17(2)15(21)14-12-19(5,13-10-8-7-9-11-13)24-25-20(14,23-6)18(3,4)16(17)22/h7-12H,1-6H3. The first-order chi connectivity index (χ1) is 11.5. The van der Waals surface area contributed by atoms with Crippen molar-refractivity contribution < 1.29 is 24.1 Å². The molecule has 0 saturated heterocycles. The summed E-state index contributed by atoms with van der Waals surface area (Å²) in [6.45, 7) is 8.55. The summed E-state index contributed by atoms with van der Waals surface area (Å²) in [6.07, 6.45) is 1.73. The van der Waals surface area contributed by atoms with E-state index in [1.165, 1.54) is 7.11 Å². The van der Waals surface area contributed by atoms with Crippen LogP contribution in [-0.4, -0.2) is 24.5 Å². The summed E-state index contributed by atoms with van der Waals surface area (Å²) < 4.78 is 5.60. The van der Waals surface area contributed by atoms with Crippen molar-refractivity contribution in [3.63, 3.8) is 0 Å². The van der Waals surface area contributed by atoms with Gasteiger partial charge in [0.2, 0.25) is 5.79 Å². The fraction of sp³-hybridized carbons (Fsp3) is 0.500. The molecule has 1 fully saturated rings. The van der Waals surface area contributed by atoms with Gasteiger partial charge in [-0.25, -0.2) is 4.89 Å². The third-order valence-electron chi connectivity index (χ3n) is 5.51. The number of carbonyl (C=O) groups is 2. The smallest absolute Gasteiger partial charge is 0.243 e. The number of Topliss-reactive ketones (excluding diaryl/α,β-unsaturated/α-hetero) is 2. The molecule has 1 heterocycles. The van der Waals surface area contributed by atoms with Gasteiger partial charge in [-0.1, -0.05) is 30.3 Å². The first kappa shape index (κ1) is 18.0. The molecule has 1 aliphatic heterocycles. The van der Waals surface area contributed by atoms with Gasteiger partial charge in [0.15, 0.2) is 11.6 Å². The molecule has 2 aliphatic rings. The molecule has 2 atom stereocenters. The summed E-state index contributed by atoms with van der Waals surface area (Å²) in [7, 11) is 1.42. The second-order valence-electron chi connectivity index (χ2n) is 7.93. The van der Waals surface area contributed by atoms with E-state index in [1.54, 1.807) is 33.8 Å². The van der Waals surface area contributed by atoms with Gasteiger partial charge in [-0.05, 0) is 46.3 Å². The van der Waals surface area contributed by atoms with E-state index in [0.717, 1.165) is 5.56 Å². The molecule has 0 aromatic heterocycles. The second kappa shape index (κ2) is 5.34. The molecular weight excluding hydrogens is 320 g/mol. The Balaban J connectivity index is 2.24. The first-order valence-electron chi connectivity index (χ1n) is 8.33. The van der Waals surface area contributed by atoms with Gasteiger partial charge in [0.1, 0.15) is 5.60 Å². The molecule has 2 unspecified atom stereocenters. The quantitative estimate of drug-likeness (QED) is 0.608. The minimum Gasteiger partial charge on any atom is -0.346 e. The molecule has 1 aliphatic carbocycles. The number of benzene rings is 1. The molecular formula is C20H24O5. The average molecular weight is 344 g/mol. The minimum absolute atomic E-state index is 0.240. The van der Waals surface area contributed by atoms with Gasteiger partial charge in [0, 0.05) is 7.11 Å². The van der Waals surface area contributed by atoms with E-state index in [1.807, 2.05) is 37.3 Å². The summed E-state index contributed by atoms with van der Waals surface area (Å²) in [6, 6.07) is 9.48. The Morgan fingerprint density at radius 3 is 2.08 bits per heavy atom. The zero-order valence-electron chi connectivity index (χ0n) is 15.5. The number of carbonyl (C=O) groups excluding carboxylic acids is 2. The predicted octanol–water partition coefficient (Wildman–Crippen LogP) is 3.34. The van der Waals surface area contributed by atoms with Gasteiger partial charge in [0.25, 0.3) is 0 Å². The fourth-order valence-electron chi connectivity index (χ4n) is 3.91. The van der Waals surface area contributed by atoms with Gasteiger partial charge >= 0.3 is 0 Å². The molecule has 0 spiro atoms. The third-order valence-corrected chi connectivity index (χ3v) is 5.51.